The summed E-state index contributed by atoms with van der Waals surface area (Å²) < 4.78 is 29.0. The number of hydrogen-bond acceptors (Lipinski definition) is 3. The second-order valence-electron chi connectivity index (χ2n) is 8.27. The first-order chi connectivity index (χ1) is 14.9. The zero-order valence-corrected chi connectivity index (χ0v) is 17.4. The molecule has 160 valence electrons. The molecule has 1 aliphatic carbocycles. The van der Waals surface area contributed by atoms with Crippen LogP contribution in [0.15, 0.2) is 42.7 Å². The van der Waals surface area contributed by atoms with Gasteiger partial charge in [0.1, 0.15) is 12.1 Å². The van der Waals surface area contributed by atoms with Crippen molar-refractivity contribution in [3.8, 4) is 6.07 Å². The number of hydrogen-bond donors (Lipinski definition) is 1. The van der Waals surface area contributed by atoms with Crippen LogP contribution in [0.25, 0.3) is 11.0 Å². The predicted molar refractivity (Wildman–Crippen MR) is 113 cm³/mol. The molecular formula is C24H24F2N4O. The van der Waals surface area contributed by atoms with Crippen LogP contribution in [0, 0.1) is 23.0 Å². The molecule has 7 heteroatoms. The minimum atomic E-state index is -1.01. The van der Waals surface area contributed by atoms with E-state index in [0.717, 1.165) is 42.9 Å². The summed E-state index contributed by atoms with van der Waals surface area (Å²) in [6.07, 6.45) is 6.39. The van der Waals surface area contributed by atoms with E-state index in [1.165, 1.54) is 23.4 Å². The molecule has 0 radical (unpaired) electrons. The van der Waals surface area contributed by atoms with E-state index in [0.29, 0.717) is 5.52 Å². The molecule has 4 rings (SSSR count). The lowest BCUT2D eigenvalue weighted by Gasteiger charge is -2.31. The van der Waals surface area contributed by atoms with Crippen LogP contribution in [-0.4, -0.2) is 15.5 Å². The number of amides is 1. The second kappa shape index (κ2) is 8.46. The molecule has 1 aromatic heterocycles. The lowest BCUT2D eigenvalue weighted by atomic mass is 9.70. The third-order valence-electron chi connectivity index (χ3n) is 6.25. The fourth-order valence-corrected chi connectivity index (χ4v) is 4.45. The number of halogens is 2. The van der Waals surface area contributed by atoms with Gasteiger partial charge in [0.25, 0.3) is 0 Å². The van der Waals surface area contributed by atoms with Gasteiger partial charge in [0.05, 0.1) is 29.4 Å². The van der Waals surface area contributed by atoms with Gasteiger partial charge in [0, 0.05) is 0 Å². The fourth-order valence-electron chi connectivity index (χ4n) is 4.45. The molecule has 1 fully saturated rings. The van der Waals surface area contributed by atoms with Gasteiger partial charge < -0.3 is 9.88 Å². The van der Waals surface area contributed by atoms with Gasteiger partial charge in [-0.15, -0.1) is 0 Å². The standard InChI is InChI=1S/C24H24F2N4O/c1-16(17-5-7-18(8-6-17)24(14-27)11-3-2-4-12-24)29-21(31)13-30-15-28-20-10-9-19(25)22(26)23(20)30/h5-10,15-16H,2-4,11-13H2,1H3,(H,29,31)/t16-/m1/s1. The van der Waals surface area contributed by atoms with Gasteiger partial charge in [-0.1, -0.05) is 43.5 Å². The first kappa shape index (κ1) is 21.0. The molecule has 1 amide bonds. The molecule has 1 atom stereocenters. The summed E-state index contributed by atoms with van der Waals surface area (Å²) in [4.78, 5) is 16.6. The van der Waals surface area contributed by atoms with E-state index in [-0.39, 0.29) is 24.0 Å². The monoisotopic (exact) mass is 422 g/mol. The maximum absolute atomic E-state index is 14.1. The van der Waals surface area contributed by atoms with E-state index >= 15 is 0 Å². The van der Waals surface area contributed by atoms with Crippen LogP contribution in [0.3, 0.4) is 0 Å². The van der Waals surface area contributed by atoms with E-state index in [4.69, 9.17) is 0 Å². The Morgan fingerprint density at radius 2 is 1.90 bits per heavy atom. The molecule has 1 heterocycles. The number of rotatable bonds is 5. The number of nitriles is 1. The average Bonchev–Trinajstić information content (AvgIpc) is 3.20. The van der Waals surface area contributed by atoms with Crippen molar-refractivity contribution >= 4 is 16.9 Å². The third kappa shape index (κ3) is 4.02. The summed E-state index contributed by atoms with van der Waals surface area (Å²) >= 11 is 0. The third-order valence-corrected chi connectivity index (χ3v) is 6.25. The van der Waals surface area contributed by atoms with E-state index in [1.54, 1.807) is 0 Å². The average molecular weight is 422 g/mol. The van der Waals surface area contributed by atoms with Crippen molar-refractivity contribution < 1.29 is 13.6 Å². The van der Waals surface area contributed by atoms with Gasteiger partial charge in [-0.3, -0.25) is 4.79 Å². The lowest BCUT2D eigenvalue weighted by molar-refractivity contribution is -0.122. The van der Waals surface area contributed by atoms with E-state index < -0.39 is 17.0 Å². The highest BCUT2D eigenvalue weighted by atomic mass is 19.2. The molecule has 2 aromatic carbocycles. The number of nitrogens with zero attached hydrogens (tertiary/aromatic N) is 3. The van der Waals surface area contributed by atoms with Crippen molar-refractivity contribution in [2.45, 2.75) is 57.0 Å². The number of carbonyl (C=O) groups excluding carboxylic acids is 1. The molecule has 31 heavy (non-hydrogen) atoms. The Bertz CT molecular complexity index is 1140. The summed E-state index contributed by atoms with van der Waals surface area (Å²) in [6, 6.07) is 12.5. The van der Waals surface area contributed by atoms with Crippen molar-refractivity contribution in [3.63, 3.8) is 0 Å². The summed E-state index contributed by atoms with van der Waals surface area (Å²) in [7, 11) is 0. The van der Waals surface area contributed by atoms with Crippen molar-refractivity contribution in [2.75, 3.05) is 0 Å². The SMILES string of the molecule is C[C@@H](NC(=O)Cn1cnc2ccc(F)c(F)c21)c1ccc(C2(C#N)CCCCC2)cc1. The van der Waals surface area contributed by atoms with Crippen LogP contribution >= 0.6 is 0 Å². The number of aromatic nitrogens is 2. The Labute approximate surface area is 179 Å². The summed E-state index contributed by atoms with van der Waals surface area (Å²) in [5, 5.41) is 12.6. The topological polar surface area (TPSA) is 70.7 Å². The number of imidazole rings is 1. The van der Waals surface area contributed by atoms with Crippen LogP contribution in [0.1, 0.15) is 56.2 Å². The maximum Gasteiger partial charge on any atom is 0.240 e. The Morgan fingerprint density at radius 3 is 2.58 bits per heavy atom. The lowest BCUT2D eigenvalue weighted by Crippen LogP contribution is -2.30. The Morgan fingerprint density at radius 1 is 1.19 bits per heavy atom. The molecule has 0 saturated heterocycles. The minimum Gasteiger partial charge on any atom is -0.348 e. The Balaban J connectivity index is 1.45. The highest BCUT2D eigenvalue weighted by Gasteiger charge is 2.33. The van der Waals surface area contributed by atoms with E-state index in [1.807, 2.05) is 31.2 Å². The van der Waals surface area contributed by atoms with Crippen LogP contribution in [0.4, 0.5) is 8.78 Å². The van der Waals surface area contributed by atoms with Gasteiger partial charge in [-0.25, -0.2) is 13.8 Å². The van der Waals surface area contributed by atoms with Crippen LogP contribution in [0.5, 0.6) is 0 Å². The van der Waals surface area contributed by atoms with Crippen molar-refractivity contribution in [3.05, 3.63) is 65.5 Å². The number of fused-ring (bicyclic) bond motifs is 1. The van der Waals surface area contributed by atoms with Gasteiger partial charge in [0.15, 0.2) is 11.6 Å². The van der Waals surface area contributed by atoms with Gasteiger partial charge in [-0.2, -0.15) is 5.26 Å². The largest absolute Gasteiger partial charge is 0.348 e. The zero-order chi connectivity index (χ0) is 22.0. The molecule has 1 saturated carbocycles. The van der Waals surface area contributed by atoms with E-state index in [9.17, 15) is 18.8 Å². The smallest absolute Gasteiger partial charge is 0.240 e. The van der Waals surface area contributed by atoms with E-state index in [2.05, 4.69) is 16.4 Å². The highest BCUT2D eigenvalue weighted by Crippen LogP contribution is 2.39. The van der Waals surface area contributed by atoms with Crippen LogP contribution in [0.2, 0.25) is 0 Å². The molecule has 1 aliphatic rings. The normalized spacial score (nSPS) is 16.6. The van der Waals surface area contributed by atoms with Gasteiger partial charge in [0.2, 0.25) is 5.91 Å². The molecule has 0 bridgehead atoms. The molecular weight excluding hydrogens is 398 g/mol. The molecule has 0 spiro atoms. The molecule has 3 aromatic rings. The summed E-state index contributed by atoms with van der Waals surface area (Å²) in [5.41, 5.74) is 1.80. The number of carbonyl (C=O) groups is 1. The number of nitrogens with one attached hydrogen (secondary N) is 1. The quantitative estimate of drug-likeness (QED) is 0.635. The van der Waals surface area contributed by atoms with Gasteiger partial charge >= 0.3 is 0 Å². The van der Waals surface area contributed by atoms with Crippen LogP contribution in [-0.2, 0) is 16.8 Å². The number of benzene rings is 2. The van der Waals surface area contributed by atoms with Crippen molar-refractivity contribution in [2.24, 2.45) is 0 Å². The molecule has 0 unspecified atom stereocenters. The first-order valence-electron chi connectivity index (χ1n) is 10.5. The molecule has 1 N–H and O–H groups in total. The summed E-state index contributed by atoms with van der Waals surface area (Å²) in [6.45, 7) is 1.69. The predicted octanol–water partition coefficient (Wildman–Crippen LogP) is 4.92. The highest BCUT2D eigenvalue weighted by molar-refractivity contribution is 5.81. The van der Waals surface area contributed by atoms with Crippen molar-refractivity contribution in [1.82, 2.24) is 14.9 Å². The maximum atomic E-state index is 14.1. The molecule has 5 nitrogen and oxygen atoms in total. The fraction of sp³-hybridized carbons (Fsp3) is 0.375. The second-order valence-corrected chi connectivity index (χ2v) is 8.27. The Kier molecular flexibility index (Phi) is 5.73. The van der Waals surface area contributed by atoms with Crippen LogP contribution < -0.4 is 5.32 Å². The zero-order valence-electron chi connectivity index (χ0n) is 17.4. The van der Waals surface area contributed by atoms with Crippen molar-refractivity contribution in [1.29, 1.82) is 5.26 Å². The summed E-state index contributed by atoms with van der Waals surface area (Å²) in [5.74, 6) is -2.32. The first-order valence-corrected chi connectivity index (χ1v) is 10.5. The molecule has 0 aliphatic heterocycles. The minimum absolute atomic E-state index is 0.0264. The Hall–Kier alpha value is -3.27. The van der Waals surface area contributed by atoms with Gasteiger partial charge in [-0.05, 0) is 43.0 Å².